The molecule has 0 unspecified atom stereocenters. The van der Waals surface area contributed by atoms with Gasteiger partial charge in [0.2, 0.25) is 5.82 Å². The normalized spacial score (nSPS) is 21.4. The summed E-state index contributed by atoms with van der Waals surface area (Å²) in [5.41, 5.74) is 2.57. The molecule has 0 N–H and O–H groups in total. The van der Waals surface area contributed by atoms with Crippen LogP contribution in [0.3, 0.4) is 0 Å². The van der Waals surface area contributed by atoms with Crippen LogP contribution in [0.5, 0.6) is 0 Å². The third-order valence-corrected chi connectivity index (χ3v) is 11.7. The van der Waals surface area contributed by atoms with Crippen LogP contribution in [0.4, 0.5) is 6.01 Å². The fraction of sp³-hybridized carbons (Fsp3) is 0.551. The van der Waals surface area contributed by atoms with Gasteiger partial charge in [-0.3, -0.25) is 28.8 Å². The average molecular weight is 1050 g/mol. The van der Waals surface area contributed by atoms with Crippen LogP contribution in [0.2, 0.25) is 0 Å². The van der Waals surface area contributed by atoms with Gasteiger partial charge in [0.1, 0.15) is 61.2 Å². The van der Waals surface area contributed by atoms with Crippen molar-refractivity contribution in [2.24, 2.45) is 0 Å². The number of hydrogen-bond acceptors (Lipinski definition) is 24. The van der Waals surface area contributed by atoms with Crippen LogP contribution in [0.25, 0.3) is 22.6 Å². The summed E-state index contributed by atoms with van der Waals surface area (Å²) in [4.78, 5) is 77.3. The number of nitrogens with zero attached hydrogens (tertiary/aromatic N) is 9. The molecule has 75 heavy (non-hydrogen) atoms. The lowest BCUT2D eigenvalue weighted by Gasteiger charge is -2.32. The molecule has 1 aliphatic carbocycles. The maximum absolute atomic E-state index is 12.1. The Bertz CT molecular complexity index is 2630. The number of anilines is 1. The van der Waals surface area contributed by atoms with E-state index in [0.29, 0.717) is 35.3 Å². The van der Waals surface area contributed by atoms with Gasteiger partial charge < -0.3 is 56.8 Å². The lowest BCUT2D eigenvalue weighted by atomic mass is 9.94. The average Bonchev–Trinajstić information content (AvgIpc) is 4.16. The molecule has 7 rings (SSSR count). The SMILES string of the molecule is CC(=O)OC[C@H]1O[C@H](OC[C@@H](Cn2cc(CN(c3nc(-c4ccc(-c5cn(C[C@H](CO[C@@H]6C=C[C@H](OC(C)=O)[C@@H](COC(C)=O)O6)OC(C)=O)nn5)cc4)no3)C3CCCCC3)nn2)OC(C)=O)C=C[C@@H]1OC(C)=O. The fourth-order valence-electron chi connectivity index (χ4n) is 8.43. The van der Waals surface area contributed by atoms with Crippen molar-refractivity contribution in [2.45, 2.75) is 149 Å². The van der Waals surface area contributed by atoms with E-state index in [1.807, 2.05) is 29.2 Å². The molecule has 1 fully saturated rings. The molecule has 4 aromatic rings. The zero-order chi connectivity index (χ0) is 53.4. The molecule has 26 heteroatoms. The topological polar surface area (TPSA) is 298 Å². The molecule has 0 saturated heterocycles. The molecule has 1 aromatic carbocycles. The number of carbonyl (C=O) groups excluding carboxylic acids is 6. The highest BCUT2D eigenvalue weighted by Gasteiger charge is 2.34. The van der Waals surface area contributed by atoms with E-state index in [1.54, 1.807) is 41.4 Å². The Hall–Kier alpha value is -7.42. The van der Waals surface area contributed by atoms with E-state index in [0.717, 1.165) is 37.7 Å². The smallest absolute Gasteiger partial charge is 0.325 e. The summed E-state index contributed by atoms with van der Waals surface area (Å²) in [6, 6.07) is 7.79. The Labute approximate surface area is 430 Å². The molecule has 1 saturated carbocycles. The lowest BCUT2D eigenvalue weighted by Crippen LogP contribution is -2.43. The molecule has 2 aliphatic heterocycles. The molecule has 0 bridgehead atoms. The van der Waals surface area contributed by atoms with Gasteiger partial charge in [0.15, 0.2) is 12.6 Å². The second-order valence-electron chi connectivity index (χ2n) is 17.9. The highest BCUT2D eigenvalue weighted by atomic mass is 16.7. The van der Waals surface area contributed by atoms with Crippen LogP contribution in [-0.4, -0.2) is 158 Å². The molecule has 3 aromatic heterocycles. The first-order chi connectivity index (χ1) is 36.0. The van der Waals surface area contributed by atoms with E-state index in [9.17, 15) is 28.8 Å². The number of carbonyl (C=O) groups is 6. The van der Waals surface area contributed by atoms with Crippen molar-refractivity contribution in [1.29, 1.82) is 0 Å². The van der Waals surface area contributed by atoms with E-state index in [2.05, 4.69) is 25.8 Å². The van der Waals surface area contributed by atoms with Crippen LogP contribution < -0.4 is 4.90 Å². The van der Waals surface area contributed by atoms with Crippen molar-refractivity contribution in [3.63, 3.8) is 0 Å². The summed E-state index contributed by atoms with van der Waals surface area (Å²) in [5, 5.41) is 21.7. The minimum absolute atomic E-state index is 0.0926. The maximum Gasteiger partial charge on any atom is 0.325 e. The largest absolute Gasteiger partial charge is 0.463 e. The standard InChI is InChI=1S/C49H61N9O17/c1-29(59)65-27-44-42(71-33(5)63)16-18-46(73-44)67-25-39(69-31(3)61)22-56-20-37(51-54-56)21-58(38-10-8-7-9-11-38)49-50-48(53-75-49)36-14-12-35(13-15-36)41-24-57(55-52-41)23-40(70-32(4)62)26-68-47-19-17-43(72-34(6)64)45(74-47)28-66-30(2)60/h12-20,24,38-40,42-47H,7-11,21-23,25-28H2,1-6H3/t39-,40-,42+,43+,44-,45-,46+,47+/m1/s1. The molecule has 0 amide bonds. The van der Waals surface area contributed by atoms with E-state index in [1.165, 1.54) is 46.2 Å². The highest BCUT2D eigenvalue weighted by molar-refractivity contribution is 5.68. The number of aromatic nitrogens is 8. The molecule has 5 heterocycles. The van der Waals surface area contributed by atoms with Crippen molar-refractivity contribution in [3.05, 3.63) is 66.7 Å². The quantitative estimate of drug-likeness (QED) is 0.0552. The minimum atomic E-state index is -0.925. The highest BCUT2D eigenvalue weighted by Crippen LogP contribution is 2.30. The first kappa shape index (κ1) is 55.3. The van der Waals surface area contributed by atoms with Gasteiger partial charge in [0.25, 0.3) is 0 Å². The summed E-state index contributed by atoms with van der Waals surface area (Å²) in [6.07, 6.45) is 8.05. The van der Waals surface area contributed by atoms with Gasteiger partial charge in [-0.15, -0.1) is 10.2 Å². The summed E-state index contributed by atoms with van der Waals surface area (Å²) in [5.74, 6) is -2.83. The van der Waals surface area contributed by atoms with Gasteiger partial charge in [-0.25, -0.2) is 9.36 Å². The van der Waals surface area contributed by atoms with Gasteiger partial charge in [-0.1, -0.05) is 59.1 Å². The van der Waals surface area contributed by atoms with Crippen LogP contribution in [0, 0.1) is 0 Å². The number of rotatable bonds is 24. The molecule has 0 spiro atoms. The summed E-state index contributed by atoms with van der Waals surface area (Å²) >= 11 is 0. The fourth-order valence-corrected chi connectivity index (χ4v) is 8.43. The third kappa shape index (κ3) is 17.1. The van der Waals surface area contributed by atoms with Crippen LogP contribution >= 0.6 is 0 Å². The molecular weight excluding hydrogens is 987 g/mol. The number of benzene rings is 1. The number of ether oxygens (including phenoxy) is 10. The van der Waals surface area contributed by atoms with E-state index in [-0.39, 0.29) is 45.6 Å². The zero-order valence-corrected chi connectivity index (χ0v) is 42.4. The maximum atomic E-state index is 12.1. The van der Waals surface area contributed by atoms with Crippen molar-refractivity contribution < 1.29 is 80.7 Å². The van der Waals surface area contributed by atoms with Gasteiger partial charge in [-0.05, 0) is 37.1 Å². The molecule has 3 aliphatic rings. The first-order valence-corrected chi connectivity index (χ1v) is 24.4. The molecular formula is C49H61N9O17. The van der Waals surface area contributed by atoms with Gasteiger partial charge >= 0.3 is 41.8 Å². The Morgan fingerprint density at radius 1 is 0.640 bits per heavy atom. The second-order valence-corrected chi connectivity index (χ2v) is 17.9. The Kier molecular flexibility index (Phi) is 19.7. The Balaban J connectivity index is 0.962. The molecule has 404 valence electrons. The lowest BCUT2D eigenvalue weighted by molar-refractivity contribution is -0.205. The Morgan fingerprint density at radius 2 is 1.16 bits per heavy atom. The molecule has 0 radical (unpaired) electrons. The van der Waals surface area contributed by atoms with Crippen molar-refractivity contribution >= 4 is 41.8 Å². The summed E-state index contributed by atoms with van der Waals surface area (Å²) in [6.45, 7) is 7.54. The first-order valence-electron chi connectivity index (χ1n) is 24.4. The number of esters is 6. The monoisotopic (exact) mass is 1050 g/mol. The Morgan fingerprint density at radius 3 is 1.68 bits per heavy atom. The third-order valence-electron chi connectivity index (χ3n) is 11.7. The molecule has 26 nitrogen and oxygen atoms in total. The predicted octanol–water partition coefficient (Wildman–Crippen LogP) is 3.37. The van der Waals surface area contributed by atoms with Gasteiger partial charge in [0.05, 0.1) is 45.2 Å². The predicted molar refractivity (Wildman–Crippen MR) is 255 cm³/mol. The second kappa shape index (κ2) is 26.7. The van der Waals surface area contributed by atoms with E-state index < -0.39 is 85.0 Å². The number of hydrogen-bond donors (Lipinski definition) is 0. The van der Waals surface area contributed by atoms with Crippen LogP contribution in [0.15, 0.2) is 65.5 Å². The van der Waals surface area contributed by atoms with E-state index in [4.69, 9.17) is 56.9 Å². The van der Waals surface area contributed by atoms with Crippen LogP contribution in [-0.2, 0) is 95.8 Å². The van der Waals surface area contributed by atoms with Crippen molar-refractivity contribution in [2.75, 3.05) is 31.3 Å². The van der Waals surface area contributed by atoms with Crippen molar-refractivity contribution in [1.82, 2.24) is 40.1 Å². The van der Waals surface area contributed by atoms with Crippen LogP contribution in [0.1, 0.15) is 79.3 Å². The zero-order valence-electron chi connectivity index (χ0n) is 42.4. The van der Waals surface area contributed by atoms with Crippen molar-refractivity contribution in [3.8, 4) is 22.6 Å². The minimum Gasteiger partial charge on any atom is -0.463 e. The molecule has 8 atom stereocenters. The van der Waals surface area contributed by atoms with Gasteiger partial charge in [0, 0.05) is 58.7 Å². The summed E-state index contributed by atoms with van der Waals surface area (Å²) < 4.78 is 64.5. The van der Waals surface area contributed by atoms with E-state index >= 15 is 0 Å². The summed E-state index contributed by atoms with van der Waals surface area (Å²) in [7, 11) is 0. The van der Waals surface area contributed by atoms with Gasteiger partial charge in [-0.2, -0.15) is 4.98 Å².